The lowest BCUT2D eigenvalue weighted by atomic mass is 10.1. The van der Waals surface area contributed by atoms with Crippen molar-refractivity contribution in [2.45, 2.75) is 6.42 Å². The number of aromatic amines is 1. The summed E-state index contributed by atoms with van der Waals surface area (Å²) >= 11 is 6.00. The number of amides is 1. The topological polar surface area (TPSA) is 88.0 Å². The Labute approximate surface area is 154 Å². The summed E-state index contributed by atoms with van der Waals surface area (Å²) in [7, 11) is 0. The van der Waals surface area contributed by atoms with Crippen LogP contribution in [0.25, 0.3) is 17.0 Å². The predicted octanol–water partition coefficient (Wildman–Crippen LogP) is 4.10. The van der Waals surface area contributed by atoms with E-state index in [9.17, 15) is 14.9 Å². The second kappa shape index (κ2) is 7.84. The highest BCUT2D eigenvalue weighted by atomic mass is 35.5. The van der Waals surface area contributed by atoms with Gasteiger partial charge >= 0.3 is 0 Å². The number of H-pyrrole nitrogens is 1. The van der Waals surface area contributed by atoms with Gasteiger partial charge in [0.05, 0.1) is 4.92 Å². The van der Waals surface area contributed by atoms with Crippen molar-refractivity contribution in [1.82, 2.24) is 10.3 Å². The zero-order valence-corrected chi connectivity index (χ0v) is 14.5. The molecular weight excluding hydrogens is 354 g/mol. The van der Waals surface area contributed by atoms with Crippen LogP contribution in [-0.2, 0) is 11.2 Å². The van der Waals surface area contributed by atoms with Crippen LogP contribution in [0.2, 0.25) is 5.02 Å². The Morgan fingerprint density at radius 1 is 1.27 bits per heavy atom. The van der Waals surface area contributed by atoms with Crippen LogP contribution >= 0.6 is 11.6 Å². The lowest BCUT2D eigenvalue weighted by molar-refractivity contribution is -0.384. The summed E-state index contributed by atoms with van der Waals surface area (Å²) in [6.07, 6.45) is 5.42. The first-order valence-electron chi connectivity index (χ1n) is 7.99. The van der Waals surface area contributed by atoms with E-state index in [-0.39, 0.29) is 11.6 Å². The number of hydrogen-bond donors (Lipinski definition) is 2. The zero-order chi connectivity index (χ0) is 18.5. The Kier molecular flexibility index (Phi) is 5.34. The molecule has 0 unspecified atom stereocenters. The first-order chi connectivity index (χ1) is 12.5. The zero-order valence-electron chi connectivity index (χ0n) is 13.7. The normalized spacial score (nSPS) is 11.1. The summed E-state index contributed by atoms with van der Waals surface area (Å²) in [6.45, 7) is 0.480. The number of nitro groups is 1. The average molecular weight is 370 g/mol. The third kappa shape index (κ3) is 4.10. The van der Waals surface area contributed by atoms with E-state index in [1.807, 2.05) is 30.5 Å². The number of rotatable bonds is 6. The number of nitrogens with zero attached hydrogens (tertiary/aromatic N) is 1. The van der Waals surface area contributed by atoms with E-state index in [2.05, 4.69) is 10.3 Å². The van der Waals surface area contributed by atoms with Crippen LogP contribution in [0.3, 0.4) is 0 Å². The number of nitrogens with one attached hydrogen (secondary N) is 2. The van der Waals surface area contributed by atoms with Crippen LogP contribution in [0, 0.1) is 10.1 Å². The highest BCUT2D eigenvalue weighted by Gasteiger charge is 2.08. The van der Waals surface area contributed by atoms with Crippen LogP contribution in [0.15, 0.2) is 54.7 Å². The number of hydrogen-bond acceptors (Lipinski definition) is 3. The summed E-state index contributed by atoms with van der Waals surface area (Å²) < 4.78 is 0. The molecule has 2 aromatic carbocycles. The molecule has 132 valence electrons. The average Bonchev–Trinajstić information content (AvgIpc) is 3.04. The van der Waals surface area contributed by atoms with Gasteiger partial charge < -0.3 is 10.3 Å². The number of benzene rings is 2. The number of aromatic nitrogens is 1. The number of nitro benzene ring substituents is 1. The third-order valence-corrected chi connectivity index (χ3v) is 4.32. The molecule has 0 spiro atoms. The van der Waals surface area contributed by atoms with E-state index in [4.69, 9.17) is 11.6 Å². The minimum atomic E-state index is -0.505. The SMILES string of the molecule is O=C(/C=C\c1cc([N+](=O)[O-])ccc1Cl)NCCc1c[nH]c2ccccc12. The van der Waals surface area contributed by atoms with Crippen LogP contribution in [-0.4, -0.2) is 22.4 Å². The molecule has 2 N–H and O–H groups in total. The molecule has 6 nitrogen and oxygen atoms in total. The highest BCUT2D eigenvalue weighted by molar-refractivity contribution is 6.32. The summed E-state index contributed by atoms with van der Waals surface area (Å²) in [4.78, 5) is 25.5. The van der Waals surface area contributed by atoms with E-state index >= 15 is 0 Å². The number of halogens is 1. The molecule has 7 heteroatoms. The number of non-ortho nitro benzene ring substituents is 1. The number of carbonyl (C=O) groups excluding carboxylic acids is 1. The minimum Gasteiger partial charge on any atom is -0.361 e. The summed E-state index contributed by atoms with van der Waals surface area (Å²) in [5.74, 6) is -0.285. The van der Waals surface area contributed by atoms with Crippen LogP contribution in [0.1, 0.15) is 11.1 Å². The first-order valence-corrected chi connectivity index (χ1v) is 8.37. The van der Waals surface area contributed by atoms with E-state index < -0.39 is 4.92 Å². The molecule has 3 aromatic rings. The quantitative estimate of drug-likeness (QED) is 0.389. The largest absolute Gasteiger partial charge is 0.361 e. The van der Waals surface area contributed by atoms with E-state index in [1.165, 1.54) is 30.4 Å². The van der Waals surface area contributed by atoms with Crippen molar-refractivity contribution in [3.8, 4) is 0 Å². The van der Waals surface area contributed by atoms with E-state index in [0.29, 0.717) is 23.6 Å². The number of carbonyl (C=O) groups is 1. The molecule has 1 aromatic heterocycles. The van der Waals surface area contributed by atoms with E-state index in [1.54, 1.807) is 0 Å². The van der Waals surface area contributed by atoms with Crippen LogP contribution in [0.4, 0.5) is 5.69 Å². The molecule has 0 aliphatic carbocycles. The first kappa shape index (κ1) is 17.7. The Balaban J connectivity index is 1.58. The molecule has 0 saturated heterocycles. The molecule has 1 heterocycles. The van der Waals surface area contributed by atoms with Crippen molar-refractivity contribution in [3.05, 3.63) is 81.0 Å². The van der Waals surface area contributed by atoms with Crippen molar-refractivity contribution in [3.63, 3.8) is 0 Å². The molecule has 0 aliphatic rings. The van der Waals surface area contributed by atoms with Crippen LogP contribution in [0.5, 0.6) is 0 Å². The van der Waals surface area contributed by atoms with Gasteiger partial charge in [-0.1, -0.05) is 29.8 Å². The maximum Gasteiger partial charge on any atom is 0.270 e. The van der Waals surface area contributed by atoms with Gasteiger partial charge in [-0.3, -0.25) is 14.9 Å². The maximum atomic E-state index is 12.0. The second-order valence-electron chi connectivity index (χ2n) is 5.70. The molecule has 26 heavy (non-hydrogen) atoms. The smallest absolute Gasteiger partial charge is 0.270 e. The summed E-state index contributed by atoms with van der Waals surface area (Å²) in [6, 6.07) is 12.1. The number of fused-ring (bicyclic) bond motifs is 1. The van der Waals surface area contributed by atoms with Gasteiger partial charge in [-0.2, -0.15) is 0 Å². The van der Waals surface area contributed by atoms with Gasteiger partial charge in [-0.25, -0.2) is 0 Å². The molecule has 0 fully saturated rings. The third-order valence-electron chi connectivity index (χ3n) is 3.97. The molecule has 0 atom stereocenters. The van der Waals surface area contributed by atoms with Crippen molar-refractivity contribution in [2.75, 3.05) is 6.54 Å². The molecular formula is C19H16ClN3O3. The summed E-state index contributed by atoms with van der Waals surface area (Å²) in [5.41, 5.74) is 2.54. The monoisotopic (exact) mass is 369 g/mol. The summed E-state index contributed by atoms with van der Waals surface area (Å²) in [5, 5.41) is 15.1. The molecule has 3 rings (SSSR count). The minimum absolute atomic E-state index is 0.0752. The van der Waals surface area contributed by atoms with Crippen molar-refractivity contribution in [2.24, 2.45) is 0 Å². The Hall–Kier alpha value is -3.12. The van der Waals surface area contributed by atoms with Gasteiger partial charge in [0.2, 0.25) is 5.91 Å². The standard InChI is InChI=1S/C19H16ClN3O3/c20-17-7-6-15(23(25)26)11-13(17)5-8-19(24)21-10-9-14-12-22-18-4-2-1-3-16(14)18/h1-8,11-12,22H,9-10H2,(H,21,24)/b8-5-. The van der Waals surface area contributed by atoms with Crippen molar-refractivity contribution < 1.29 is 9.72 Å². The van der Waals surface area contributed by atoms with Crippen molar-refractivity contribution in [1.29, 1.82) is 0 Å². The molecule has 0 bridgehead atoms. The fourth-order valence-corrected chi connectivity index (χ4v) is 2.84. The van der Waals surface area contributed by atoms with Crippen LogP contribution < -0.4 is 5.32 Å². The molecule has 1 amide bonds. The Morgan fingerprint density at radius 2 is 2.08 bits per heavy atom. The van der Waals surface area contributed by atoms with Gasteiger partial charge in [0.25, 0.3) is 5.69 Å². The Bertz CT molecular complexity index is 995. The molecule has 0 radical (unpaired) electrons. The lowest BCUT2D eigenvalue weighted by Gasteiger charge is -2.02. The van der Waals surface area contributed by atoms with Gasteiger partial charge in [-0.05, 0) is 30.2 Å². The lowest BCUT2D eigenvalue weighted by Crippen LogP contribution is -2.23. The molecule has 0 saturated carbocycles. The second-order valence-corrected chi connectivity index (χ2v) is 6.10. The van der Waals surface area contributed by atoms with Gasteiger partial charge in [-0.15, -0.1) is 0 Å². The van der Waals surface area contributed by atoms with Gasteiger partial charge in [0.1, 0.15) is 0 Å². The number of para-hydroxylation sites is 1. The predicted molar refractivity (Wildman–Crippen MR) is 102 cm³/mol. The van der Waals surface area contributed by atoms with Gasteiger partial charge in [0.15, 0.2) is 0 Å². The van der Waals surface area contributed by atoms with Crippen molar-refractivity contribution >= 4 is 40.2 Å². The fraction of sp³-hybridized carbons (Fsp3) is 0.105. The Morgan fingerprint density at radius 3 is 2.88 bits per heavy atom. The van der Waals surface area contributed by atoms with E-state index in [0.717, 1.165) is 16.5 Å². The molecule has 0 aliphatic heterocycles. The highest BCUT2D eigenvalue weighted by Crippen LogP contribution is 2.23. The van der Waals surface area contributed by atoms with Gasteiger partial charge in [0, 0.05) is 52.4 Å². The maximum absolute atomic E-state index is 12.0. The fourth-order valence-electron chi connectivity index (χ4n) is 2.66.